The number of allylic oxidation sites excluding steroid dienone is 2. The van der Waals surface area contributed by atoms with Gasteiger partial charge in [-0.15, -0.1) is 5.73 Å². The van der Waals surface area contributed by atoms with Crippen LogP contribution in [0.2, 0.25) is 0 Å². The fraction of sp³-hybridized carbons (Fsp3) is 0.0909. The van der Waals surface area contributed by atoms with Crippen molar-refractivity contribution in [2.24, 2.45) is 0 Å². The van der Waals surface area contributed by atoms with Gasteiger partial charge < -0.3 is 14.4 Å². The van der Waals surface area contributed by atoms with Crippen LogP contribution in [0.1, 0.15) is 12.5 Å². The number of para-hydroxylation sites is 2. The average Bonchev–Trinajstić information content (AvgIpc) is 3.04. The SMILES string of the molecule is CCN1C(=CC=C=Cc2c(O)c3ccccc3oc2=O)Sc2ccccc21. The summed E-state index contributed by atoms with van der Waals surface area (Å²) in [5.41, 5.74) is 4.03. The predicted octanol–water partition coefficient (Wildman–Crippen LogP) is 5.14. The van der Waals surface area contributed by atoms with Crippen molar-refractivity contribution in [2.45, 2.75) is 11.8 Å². The van der Waals surface area contributed by atoms with Crippen LogP contribution in [0.5, 0.6) is 5.75 Å². The summed E-state index contributed by atoms with van der Waals surface area (Å²) >= 11 is 1.70. The zero-order chi connectivity index (χ0) is 18.8. The number of rotatable bonds is 3. The molecule has 0 fully saturated rings. The summed E-state index contributed by atoms with van der Waals surface area (Å²) in [5, 5.41) is 12.0. The summed E-state index contributed by atoms with van der Waals surface area (Å²) in [6.07, 6.45) is 5.14. The van der Waals surface area contributed by atoms with Gasteiger partial charge in [0.05, 0.1) is 16.1 Å². The molecule has 0 saturated heterocycles. The Labute approximate surface area is 160 Å². The van der Waals surface area contributed by atoms with Crippen LogP contribution in [0.25, 0.3) is 17.0 Å². The topological polar surface area (TPSA) is 53.7 Å². The van der Waals surface area contributed by atoms with E-state index in [1.165, 1.54) is 16.7 Å². The first kappa shape index (κ1) is 17.3. The summed E-state index contributed by atoms with van der Waals surface area (Å²) in [6.45, 7) is 2.97. The molecule has 0 atom stereocenters. The van der Waals surface area contributed by atoms with Gasteiger partial charge in [-0.2, -0.15) is 0 Å². The van der Waals surface area contributed by atoms with Crippen molar-refractivity contribution in [3.63, 3.8) is 0 Å². The maximum absolute atomic E-state index is 12.1. The molecule has 0 saturated carbocycles. The number of nitrogens with zero attached hydrogens (tertiary/aromatic N) is 1. The van der Waals surface area contributed by atoms with E-state index in [0.29, 0.717) is 11.0 Å². The van der Waals surface area contributed by atoms with Crippen LogP contribution in [0.15, 0.2) is 85.6 Å². The van der Waals surface area contributed by atoms with Crippen molar-refractivity contribution in [1.29, 1.82) is 0 Å². The van der Waals surface area contributed by atoms with Crippen molar-refractivity contribution in [3.8, 4) is 5.75 Å². The molecule has 0 bridgehead atoms. The van der Waals surface area contributed by atoms with Gasteiger partial charge in [-0.1, -0.05) is 36.0 Å². The molecule has 2 aromatic carbocycles. The Hall–Kier alpha value is -3.14. The Morgan fingerprint density at radius 2 is 1.96 bits per heavy atom. The van der Waals surface area contributed by atoms with Gasteiger partial charge >= 0.3 is 5.63 Å². The van der Waals surface area contributed by atoms with Gasteiger partial charge in [-0.25, -0.2) is 4.79 Å². The molecule has 1 aromatic heterocycles. The molecule has 0 unspecified atom stereocenters. The van der Waals surface area contributed by atoms with Gasteiger partial charge in [0.1, 0.15) is 16.9 Å². The van der Waals surface area contributed by atoms with Crippen molar-refractivity contribution < 1.29 is 9.52 Å². The highest BCUT2D eigenvalue weighted by molar-refractivity contribution is 8.03. The summed E-state index contributed by atoms with van der Waals surface area (Å²) in [4.78, 5) is 15.6. The first-order chi connectivity index (χ1) is 13.2. The predicted molar refractivity (Wildman–Crippen MR) is 110 cm³/mol. The second-order valence-electron chi connectivity index (χ2n) is 5.94. The summed E-state index contributed by atoms with van der Waals surface area (Å²) in [5.74, 6) is -0.0896. The molecule has 27 heavy (non-hydrogen) atoms. The third-order valence-electron chi connectivity index (χ3n) is 4.32. The van der Waals surface area contributed by atoms with E-state index < -0.39 is 5.63 Å². The molecule has 0 amide bonds. The van der Waals surface area contributed by atoms with E-state index in [0.717, 1.165) is 11.6 Å². The molecule has 1 aliphatic heterocycles. The Kier molecular flexibility index (Phi) is 4.63. The molecule has 0 aliphatic carbocycles. The van der Waals surface area contributed by atoms with Crippen LogP contribution in [0.4, 0.5) is 5.69 Å². The molecule has 0 spiro atoms. The molecule has 5 heteroatoms. The van der Waals surface area contributed by atoms with E-state index in [1.807, 2.05) is 18.2 Å². The van der Waals surface area contributed by atoms with Gasteiger partial charge in [0.15, 0.2) is 0 Å². The first-order valence-corrected chi connectivity index (χ1v) is 9.42. The Morgan fingerprint density at radius 3 is 2.81 bits per heavy atom. The minimum Gasteiger partial charge on any atom is -0.506 e. The number of benzene rings is 2. The maximum Gasteiger partial charge on any atom is 0.348 e. The lowest BCUT2D eigenvalue weighted by molar-refractivity contribution is 0.466. The number of hydrogen-bond donors (Lipinski definition) is 1. The normalized spacial score (nSPS) is 14.3. The van der Waals surface area contributed by atoms with Crippen LogP contribution in [-0.4, -0.2) is 11.7 Å². The van der Waals surface area contributed by atoms with E-state index in [-0.39, 0.29) is 11.3 Å². The highest BCUT2D eigenvalue weighted by atomic mass is 32.2. The fourth-order valence-electron chi connectivity index (χ4n) is 3.03. The molecule has 4 nitrogen and oxygen atoms in total. The molecule has 1 N–H and O–H groups in total. The minimum absolute atomic E-state index is 0.0896. The van der Waals surface area contributed by atoms with Crippen LogP contribution in [-0.2, 0) is 0 Å². The Morgan fingerprint density at radius 1 is 1.19 bits per heavy atom. The number of fused-ring (bicyclic) bond motifs is 2. The molecule has 4 rings (SSSR count). The third-order valence-corrected chi connectivity index (χ3v) is 5.45. The van der Waals surface area contributed by atoms with Gasteiger partial charge in [-0.3, -0.25) is 0 Å². The molecule has 2 heterocycles. The monoisotopic (exact) mass is 375 g/mol. The lowest BCUT2D eigenvalue weighted by atomic mass is 10.1. The summed E-state index contributed by atoms with van der Waals surface area (Å²) < 4.78 is 5.25. The van der Waals surface area contributed by atoms with Gasteiger partial charge in [-0.05, 0) is 49.4 Å². The smallest absolute Gasteiger partial charge is 0.348 e. The molecular formula is C22H17NO3S. The molecule has 3 aromatic rings. The highest BCUT2D eigenvalue weighted by Crippen LogP contribution is 2.45. The van der Waals surface area contributed by atoms with E-state index >= 15 is 0 Å². The average molecular weight is 375 g/mol. The maximum atomic E-state index is 12.1. The molecule has 134 valence electrons. The Bertz CT molecular complexity index is 1170. The molecule has 1 aliphatic rings. The van der Waals surface area contributed by atoms with Crippen LogP contribution >= 0.6 is 11.8 Å². The van der Waals surface area contributed by atoms with Crippen molar-refractivity contribution >= 4 is 34.5 Å². The fourth-order valence-corrected chi connectivity index (χ4v) is 4.16. The Balaban J connectivity index is 1.66. The van der Waals surface area contributed by atoms with Crippen molar-refractivity contribution in [3.05, 3.63) is 87.4 Å². The summed E-state index contributed by atoms with van der Waals surface area (Å²) in [6, 6.07) is 15.2. The van der Waals surface area contributed by atoms with Gasteiger partial charge in [0.2, 0.25) is 0 Å². The number of hydrogen-bond acceptors (Lipinski definition) is 5. The van der Waals surface area contributed by atoms with E-state index in [9.17, 15) is 9.90 Å². The molecule has 0 radical (unpaired) electrons. The quantitative estimate of drug-likeness (QED) is 0.507. The highest BCUT2D eigenvalue weighted by Gasteiger charge is 2.22. The van der Waals surface area contributed by atoms with E-state index in [4.69, 9.17) is 4.42 Å². The number of anilines is 1. The third kappa shape index (κ3) is 3.19. The zero-order valence-electron chi connectivity index (χ0n) is 14.7. The van der Waals surface area contributed by atoms with Crippen molar-refractivity contribution in [2.75, 3.05) is 11.4 Å². The zero-order valence-corrected chi connectivity index (χ0v) is 15.5. The van der Waals surface area contributed by atoms with Crippen LogP contribution < -0.4 is 10.5 Å². The first-order valence-electron chi connectivity index (χ1n) is 8.61. The van der Waals surface area contributed by atoms with E-state index in [2.05, 4.69) is 29.7 Å². The number of thioether (sulfide) groups is 1. The second-order valence-corrected chi connectivity index (χ2v) is 7.01. The number of aromatic hydroxyl groups is 1. The molecular weight excluding hydrogens is 358 g/mol. The largest absolute Gasteiger partial charge is 0.506 e. The van der Waals surface area contributed by atoms with Crippen LogP contribution in [0, 0.1) is 0 Å². The lowest BCUT2D eigenvalue weighted by Crippen LogP contribution is -2.16. The minimum atomic E-state index is -0.586. The van der Waals surface area contributed by atoms with E-state index in [1.54, 1.807) is 42.1 Å². The van der Waals surface area contributed by atoms with Crippen LogP contribution in [0.3, 0.4) is 0 Å². The summed E-state index contributed by atoms with van der Waals surface area (Å²) in [7, 11) is 0. The standard InChI is InChI=1S/C22H17NO3S/c1-2-23-17-11-5-7-13-19(17)27-20(23)14-8-4-10-16-21(24)15-9-3-6-12-18(15)26-22(16)25/h3,5-14,24H,2H2,1H3. The van der Waals surface area contributed by atoms with Gasteiger partial charge in [0.25, 0.3) is 0 Å². The lowest BCUT2D eigenvalue weighted by Gasteiger charge is -2.17. The van der Waals surface area contributed by atoms with Gasteiger partial charge in [0, 0.05) is 11.4 Å². The van der Waals surface area contributed by atoms with Crippen molar-refractivity contribution in [1.82, 2.24) is 0 Å². The second kappa shape index (κ2) is 7.23.